The Morgan fingerprint density at radius 2 is 1.89 bits per heavy atom. The first-order valence-corrected chi connectivity index (χ1v) is 7.06. The summed E-state index contributed by atoms with van der Waals surface area (Å²) in [4.78, 5) is 2.35. The molecular weight excluding hydrogens is 308 g/mol. The molecule has 0 amide bonds. The van der Waals surface area contributed by atoms with Crippen LogP contribution < -0.4 is 5.73 Å². The van der Waals surface area contributed by atoms with Gasteiger partial charge in [-0.3, -0.25) is 5.41 Å². The first kappa shape index (κ1) is 13.2. The minimum atomic E-state index is 0.0862. The molecule has 0 spiro atoms. The summed E-state index contributed by atoms with van der Waals surface area (Å²) in [6.07, 6.45) is 0. The number of hydrogen-bond acceptors (Lipinski definition) is 2. The molecule has 0 aliphatic heterocycles. The molecule has 0 radical (unpaired) electrons. The quantitative estimate of drug-likeness (QED) is 0.658. The number of benzene rings is 2. The summed E-state index contributed by atoms with van der Waals surface area (Å²) in [5.74, 6) is 0.0862. The van der Waals surface area contributed by atoms with Gasteiger partial charge in [0, 0.05) is 19.8 Å². The fourth-order valence-corrected chi connectivity index (χ4v) is 3.07. The summed E-state index contributed by atoms with van der Waals surface area (Å²) in [7, 11) is 0. The molecule has 0 bridgehead atoms. The van der Waals surface area contributed by atoms with Crippen LogP contribution >= 0.6 is 27.7 Å². The summed E-state index contributed by atoms with van der Waals surface area (Å²) in [5.41, 5.74) is 7.45. The number of hydrogen-bond donors (Lipinski definition) is 2. The summed E-state index contributed by atoms with van der Waals surface area (Å²) in [5, 5.41) is 7.41. The Kier molecular flexibility index (Phi) is 4.09. The highest BCUT2D eigenvalue weighted by atomic mass is 79.9. The van der Waals surface area contributed by atoms with Gasteiger partial charge in [0.25, 0.3) is 0 Å². The lowest BCUT2D eigenvalue weighted by molar-refractivity contribution is 1.28. The Balaban J connectivity index is 2.30. The number of rotatable bonds is 3. The second-order valence-electron chi connectivity index (χ2n) is 3.93. The van der Waals surface area contributed by atoms with E-state index in [0.29, 0.717) is 0 Å². The lowest BCUT2D eigenvalue weighted by Crippen LogP contribution is -2.10. The van der Waals surface area contributed by atoms with E-state index < -0.39 is 0 Å². The molecule has 2 aromatic carbocycles. The maximum atomic E-state index is 7.41. The molecule has 0 aliphatic rings. The molecule has 0 aliphatic carbocycles. The molecule has 3 N–H and O–H groups in total. The molecule has 0 unspecified atom stereocenters. The van der Waals surface area contributed by atoms with Crippen molar-refractivity contribution in [1.29, 1.82) is 5.41 Å². The Morgan fingerprint density at radius 3 is 2.50 bits per heavy atom. The van der Waals surface area contributed by atoms with Crippen molar-refractivity contribution in [3.63, 3.8) is 0 Å². The van der Waals surface area contributed by atoms with Gasteiger partial charge in [-0.2, -0.15) is 0 Å². The van der Waals surface area contributed by atoms with E-state index in [1.165, 1.54) is 10.5 Å². The smallest absolute Gasteiger partial charge is 0.122 e. The van der Waals surface area contributed by atoms with Crippen LogP contribution in [-0.4, -0.2) is 5.84 Å². The molecule has 4 heteroatoms. The molecule has 0 saturated heterocycles. The lowest BCUT2D eigenvalue weighted by Gasteiger charge is -2.08. The zero-order chi connectivity index (χ0) is 13.1. The van der Waals surface area contributed by atoms with E-state index in [0.717, 1.165) is 14.9 Å². The molecule has 0 atom stereocenters. The average molecular weight is 321 g/mol. The minimum absolute atomic E-state index is 0.0862. The fraction of sp³-hybridized carbons (Fsp3) is 0.0714. The van der Waals surface area contributed by atoms with Crippen LogP contribution in [0.3, 0.4) is 0 Å². The van der Waals surface area contributed by atoms with Crippen LogP contribution in [0, 0.1) is 12.3 Å². The van der Waals surface area contributed by atoms with Crippen molar-refractivity contribution in [3.05, 3.63) is 58.1 Å². The third-order valence-corrected chi connectivity index (χ3v) is 4.73. The van der Waals surface area contributed by atoms with Gasteiger partial charge in [-0.05, 0) is 46.6 Å². The van der Waals surface area contributed by atoms with E-state index in [4.69, 9.17) is 11.1 Å². The minimum Gasteiger partial charge on any atom is -0.384 e. The van der Waals surface area contributed by atoms with Crippen LogP contribution in [0.1, 0.15) is 11.1 Å². The lowest BCUT2D eigenvalue weighted by atomic mass is 10.2. The van der Waals surface area contributed by atoms with Crippen LogP contribution in [0.15, 0.2) is 56.7 Å². The first-order valence-electron chi connectivity index (χ1n) is 5.45. The number of nitrogen functional groups attached to an aromatic ring is 1. The van der Waals surface area contributed by atoms with Gasteiger partial charge in [-0.1, -0.05) is 36.0 Å². The Morgan fingerprint density at radius 1 is 1.17 bits per heavy atom. The van der Waals surface area contributed by atoms with Crippen LogP contribution in [0.4, 0.5) is 0 Å². The van der Waals surface area contributed by atoms with Gasteiger partial charge in [0.2, 0.25) is 0 Å². The highest BCUT2D eigenvalue weighted by Gasteiger charge is 2.06. The number of nitrogens with two attached hydrogens (primary N) is 1. The van der Waals surface area contributed by atoms with E-state index in [1.54, 1.807) is 11.8 Å². The summed E-state index contributed by atoms with van der Waals surface area (Å²) < 4.78 is 0.962. The van der Waals surface area contributed by atoms with Crippen LogP contribution in [-0.2, 0) is 0 Å². The van der Waals surface area contributed by atoms with Crippen molar-refractivity contribution in [3.8, 4) is 0 Å². The summed E-state index contributed by atoms with van der Waals surface area (Å²) >= 11 is 5.23. The predicted molar refractivity (Wildman–Crippen MR) is 80.5 cm³/mol. The van der Waals surface area contributed by atoms with Gasteiger partial charge in [-0.15, -0.1) is 0 Å². The topological polar surface area (TPSA) is 49.9 Å². The van der Waals surface area contributed by atoms with Crippen molar-refractivity contribution >= 4 is 33.5 Å². The molecule has 0 fully saturated rings. The number of aryl methyl sites for hydroxylation is 1. The van der Waals surface area contributed by atoms with Crippen molar-refractivity contribution in [2.24, 2.45) is 5.73 Å². The van der Waals surface area contributed by atoms with Gasteiger partial charge >= 0.3 is 0 Å². The summed E-state index contributed by atoms with van der Waals surface area (Å²) in [6, 6.07) is 14.0. The van der Waals surface area contributed by atoms with E-state index in [1.807, 2.05) is 30.3 Å². The number of halogens is 1. The van der Waals surface area contributed by atoms with E-state index in [9.17, 15) is 0 Å². The standard InChI is InChI=1S/C14H13BrN2S/c1-9-4-2-3-5-12(9)18-13-7-6-10(14(16)17)8-11(13)15/h2-8H,1H3,(H3,16,17). The van der Waals surface area contributed by atoms with Crippen molar-refractivity contribution in [2.75, 3.05) is 0 Å². The van der Waals surface area contributed by atoms with E-state index in [2.05, 4.69) is 35.0 Å². The first-order chi connectivity index (χ1) is 8.58. The molecular formula is C14H13BrN2S. The normalized spacial score (nSPS) is 10.3. The maximum Gasteiger partial charge on any atom is 0.122 e. The van der Waals surface area contributed by atoms with Gasteiger partial charge in [-0.25, -0.2) is 0 Å². The molecule has 18 heavy (non-hydrogen) atoms. The average Bonchev–Trinajstić information content (AvgIpc) is 2.34. The molecule has 0 saturated carbocycles. The van der Waals surface area contributed by atoms with Gasteiger partial charge in [0.1, 0.15) is 5.84 Å². The maximum absolute atomic E-state index is 7.41. The zero-order valence-electron chi connectivity index (χ0n) is 9.91. The van der Waals surface area contributed by atoms with Crippen LogP contribution in [0.25, 0.3) is 0 Å². The predicted octanol–water partition coefficient (Wildman–Crippen LogP) is 4.19. The molecule has 0 heterocycles. The Labute approximate surface area is 119 Å². The van der Waals surface area contributed by atoms with Crippen LogP contribution in [0.5, 0.6) is 0 Å². The summed E-state index contributed by atoms with van der Waals surface area (Å²) in [6.45, 7) is 2.10. The van der Waals surface area contributed by atoms with E-state index in [-0.39, 0.29) is 5.84 Å². The molecule has 2 nitrogen and oxygen atoms in total. The SMILES string of the molecule is Cc1ccccc1Sc1ccc(C(=N)N)cc1Br. The third-order valence-electron chi connectivity index (χ3n) is 2.56. The highest BCUT2D eigenvalue weighted by Crippen LogP contribution is 2.35. The highest BCUT2D eigenvalue weighted by molar-refractivity contribution is 9.10. The number of nitrogens with one attached hydrogen (secondary N) is 1. The third kappa shape index (κ3) is 2.94. The zero-order valence-corrected chi connectivity index (χ0v) is 12.3. The molecule has 2 aromatic rings. The Bertz CT molecular complexity index is 596. The largest absolute Gasteiger partial charge is 0.384 e. The van der Waals surface area contributed by atoms with Gasteiger partial charge in [0.15, 0.2) is 0 Å². The Hall–Kier alpha value is -1.26. The van der Waals surface area contributed by atoms with E-state index >= 15 is 0 Å². The van der Waals surface area contributed by atoms with Crippen LogP contribution in [0.2, 0.25) is 0 Å². The van der Waals surface area contributed by atoms with Crippen molar-refractivity contribution < 1.29 is 0 Å². The molecule has 2 rings (SSSR count). The van der Waals surface area contributed by atoms with Crippen molar-refractivity contribution in [2.45, 2.75) is 16.7 Å². The number of amidine groups is 1. The van der Waals surface area contributed by atoms with Gasteiger partial charge < -0.3 is 5.73 Å². The molecule has 92 valence electrons. The monoisotopic (exact) mass is 320 g/mol. The van der Waals surface area contributed by atoms with Gasteiger partial charge in [0.05, 0.1) is 0 Å². The molecule has 0 aromatic heterocycles. The fourth-order valence-electron chi connectivity index (χ4n) is 1.54. The second kappa shape index (κ2) is 5.59. The second-order valence-corrected chi connectivity index (χ2v) is 5.86. The van der Waals surface area contributed by atoms with Crippen molar-refractivity contribution in [1.82, 2.24) is 0 Å².